The van der Waals surface area contributed by atoms with E-state index in [0.29, 0.717) is 0 Å². The van der Waals surface area contributed by atoms with Crippen LogP contribution in [0.4, 0.5) is 0 Å². The van der Waals surface area contributed by atoms with Gasteiger partial charge in [-0.1, -0.05) is 36.8 Å². The molecule has 30 heavy (non-hydrogen) atoms. The van der Waals surface area contributed by atoms with E-state index in [4.69, 9.17) is 9.84 Å². The van der Waals surface area contributed by atoms with Crippen LogP contribution in [0.15, 0.2) is 71.3 Å². The molecule has 0 saturated carbocycles. The van der Waals surface area contributed by atoms with Gasteiger partial charge in [0.25, 0.3) is 0 Å². The molecule has 0 amide bonds. The number of likely N-dealkylation sites (N-methyl/N-ethyl adjacent to an activating group) is 1. The van der Waals surface area contributed by atoms with Crippen LogP contribution in [0.1, 0.15) is 36.8 Å². The van der Waals surface area contributed by atoms with Crippen LogP contribution in [0.5, 0.6) is 5.75 Å². The molecule has 2 aromatic carbocycles. The molecule has 0 atom stereocenters. The first-order chi connectivity index (χ1) is 14.8. The summed E-state index contributed by atoms with van der Waals surface area (Å²) in [7, 11) is 2.04. The van der Waals surface area contributed by atoms with Gasteiger partial charge in [-0.3, -0.25) is 5.01 Å². The number of benzene rings is 2. The van der Waals surface area contributed by atoms with Crippen molar-refractivity contribution in [1.82, 2.24) is 9.91 Å². The molecule has 2 heterocycles. The molecule has 158 valence electrons. The molecule has 2 aliphatic rings. The first-order valence-corrected chi connectivity index (χ1v) is 11.2. The lowest BCUT2D eigenvalue weighted by Crippen LogP contribution is -2.31. The number of allylic oxidation sites excluding steroid dienone is 1. The molecule has 0 bridgehead atoms. The molecule has 4 heteroatoms. The number of likely N-dealkylation sites (tertiary alicyclic amines) is 1. The fourth-order valence-electron chi connectivity index (χ4n) is 4.27. The Kier molecular flexibility index (Phi) is 7.20. The second-order valence-corrected chi connectivity index (χ2v) is 8.39. The Morgan fingerprint density at radius 3 is 2.47 bits per heavy atom. The zero-order valence-corrected chi connectivity index (χ0v) is 18.1. The number of piperidine rings is 1. The van der Waals surface area contributed by atoms with Crippen molar-refractivity contribution in [2.45, 2.75) is 32.1 Å². The predicted octanol–water partition coefficient (Wildman–Crippen LogP) is 4.76. The van der Waals surface area contributed by atoms with Crippen molar-refractivity contribution in [3.63, 3.8) is 0 Å². The van der Waals surface area contributed by atoms with Crippen molar-refractivity contribution in [2.75, 3.05) is 39.8 Å². The molecule has 1 saturated heterocycles. The molecule has 2 aliphatic heterocycles. The molecule has 0 unspecified atom stereocenters. The second-order valence-electron chi connectivity index (χ2n) is 8.39. The Balaban J connectivity index is 1.31. The summed E-state index contributed by atoms with van der Waals surface area (Å²) in [6.07, 6.45) is 8.38. The zero-order valence-electron chi connectivity index (χ0n) is 18.1. The van der Waals surface area contributed by atoms with E-state index in [0.717, 1.165) is 49.6 Å². The van der Waals surface area contributed by atoms with Crippen molar-refractivity contribution < 1.29 is 4.74 Å². The van der Waals surface area contributed by atoms with E-state index in [1.54, 1.807) is 0 Å². The quantitative estimate of drug-likeness (QED) is 0.595. The fourth-order valence-corrected chi connectivity index (χ4v) is 4.27. The van der Waals surface area contributed by atoms with Gasteiger partial charge in [0.1, 0.15) is 5.75 Å². The van der Waals surface area contributed by atoms with Crippen LogP contribution in [0.2, 0.25) is 0 Å². The van der Waals surface area contributed by atoms with E-state index < -0.39 is 0 Å². The average molecular weight is 404 g/mol. The fraction of sp³-hybridized carbons (Fsp3) is 0.423. The SMILES string of the molecule is CN1CC(Cc2ccccc2)=CC(c2ccc(OCCCN3CCCCC3)cc2)=N1. The van der Waals surface area contributed by atoms with Crippen LogP contribution in [0.3, 0.4) is 0 Å². The molecule has 1 fully saturated rings. The minimum Gasteiger partial charge on any atom is -0.494 e. The van der Waals surface area contributed by atoms with Crippen molar-refractivity contribution in [3.8, 4) is 5.75 Å². The average Bonchev–Trinajstić information content (AvgIpc) is 2.78. The van der Waals surface area contributed by atoms with Gasteiger partial charge in [-0.25, -0.2) is 0 Å². The third-order valence-corrected chi connectivity index (χ3v) is 5.81. The highest BCUT2D eigenvalue weighted by Gasteiger charge is 2.13. The predicted molar refractivity (Wildman–Crippen MR) is 124 cm³/mol. The Morgan fingerprint density at radius 1 is 0.933 bits per heavy atom. The standard InChI is InChI=1S/C26H33N3O/c1-28-21-23(19-22-9-4-2-5-10-22)20-26(27-28)24-11-13-25(14-12-24)30-18-8-17-29-15-6-3-7-16-29/h2,4-5,9-14,20H,3,6-8,15-19,21H2,1H3. The van der Waals surface area contributed by atoms with Gasteiger partial charge >= 0.3 is 0 Å². The monoisotopic (exact) mass is 403 g/mol. The second kappa shape index (κ2) is 10.4. The van der Waals surface area contributed by atoms with E-state index >= 15 is 0 Å². The highest BCUT2D eigenvalue weighted by molar-refractivity contribution is 6.09. The van der Waals surface area contributed by atoms with Crippen molar-refractivity contribution >= 4 is 5.71 Å². The lowest BCUT2D eigenvalue weighted by atomic mass is 10.00. The topological polar surface area (TPSA) is 28.1 Å². The Hall–Kier alpha value is -2.59. The summed E-state index contributed by atoms with van der Waals surface area (Å²) in [5, 5.41) is 6.75. The molecule has 2 aromatic rings. The lowest BCUT2D eigenvalue weighted by Gasteiger charge is -2.26. The first kappa shape index (κ1) is 20.7. The first-order valence-electron chi connectivity index (χ1n) is 11.2. The van der Waals surface area contributed by atoms with Gasteiger partial charge in [0.2, 0.25) is 0 Å². The smallest absolute Gasteiger partial charge is 0.119 e. The third kappa shape index (κ3) is 5.96. The van der Waals surface area contributed by atoms with Crippen LogP contribution in [-0.2, 0) is 6.42 Å². The van der Waals surface area contributed by atoms with E-state index in [-0.39, 0.29) is 0 Å². The van der Waals surface area contributed by atoms with Gasteiger partial charge in [-0.05, 0) is 80.3 Å². The van der Waals surface area contributed by atoms with Gasteiger partial charge in [-0.2, -0.15) is 5.10 Å². The van der Waals surface area contributed by atoms with Gasteiger partial charge in [-0.15, -0.1) is 0 Å². The maximum absolute atomic E-state index is 5.97. The van der Waals surface area contributed by atoms with E-state index in [1.165, 1.54) is 43.5 Å². The van der Waals surface area contributed by atoms with Gasteiger partial charge in [0.15, 0.2) is 0 Å². The maximum Gasteiger partial charge on any atom is 0.119 e. The van der Waals surface area contributed by atoms with Crippen molar-refractivity contribution in [1.29, 1.82) is 0 Å². The number of nitrogens with zero attached hydrogens (tertiary/aromatic N) is 3. The van der Waals surface area contributed by atoms with Crippen LogP contribution >= 0.6 is 0 Å². The summed E-state index contributed by atoms with van der Waals surface area (Å²) in [6.45, 7) is 5.31. The molecule has 4 rings (SSSR count). The van der Waals surface area contributed by atoms with Crippen LogP contribution in [-0.4, -0.2) is 55.5 Å². The molecule has 0 aliphatic carbocycles. The van der Waals surface area contributed by atoms with E-state index in [9.17, 15) is 0 Å². The third-order valence-electron chi connectivity index (χ3n) is 5.81. The summed E-state index contributed by atoms with van der Waals surface area (Å²) >= 11 is 0. The molecule has 0 spiro atoms. The zero-order chi connectivity index (χ0) is 20.6. The molecule has 0 aromatic heterocycles. The highest BCUT2D eigenvalue weighted by atomic mass is 16.5. The number of hydrogen-bond donors (Lipinski definition) is 0. The van der Waals surface area contributed by atoms with Gasteiger partial charge in [0, 0.05) is 19.2 Å². The minimum absolute atomic E-state index is 0.778. The largest absolute Gasteiger partial charge is 0.494 e. The summed E-state index contributed by atoms with van der Waals surface area (Å²) < 4.78 is 5.97. The molecule has 4 nitrogen and oxygen atoms in total. The molecular weight excluding hydrogens is 370 g/mol. The Bertz CT molecular complexity index is 852. The molecule has 0 N–H and O–H groups in total. The number of ether oxygens (including phenoxy) is 1. The number of hydrogen-bond acceptors (Lipinski definition) is 4. The van der Waals surface area contributed by atoms with Crippen LogP contribution in [0, 0.1) is 0 Å². The number of hydrazone groups is 1. The minimum atomic E-state index is 0.778. The summed E-state index contributed by atoms with van der Waals surface area (Å²) in [4.78, 5) is 2.56. The van der Waals surface area contributed by atoms with Crippen molar-refractivity contribution in [2.24, 2.45) is 5.10 Å². The van der Waals surface area contributed by atoms with E-state index in [1.807, 2.05) is 12.1 Å². The van der Waals surface area contributed by atoms with Gasteiger partial charge in [0.05, 0.1) is 18.9 Å². The van der Waals surface area contributed by atoms with Crippen LogP contribution < -0.4 is 4.74 Å². The highest BCUT2D eigenvalue weighted by Crippen LogP contribution is 2.19. The number of rotatable bonds is 8. The van der Waals surface area contributed by atoms with Gasteiger partial charge < -0.3 is 9.64 Å². The van der Waals surface area contributed by atoms with Crippen LogP contribution in [0.25, 0.3) is 0 Å². The molecular formula is C26H33N3O. The Labute approximate surface area is 180 Å². The summed E-state index contributed by atoms with van der Waals surface area (Å²) in [5.41, 5.74) is 4.87. The maximum atomic E-state index is 5.97. The normalized spacial score (nSPS) is 17.4. The Morgan fingerprint density at radius 2 is 1.70 bits per heavy atom. The summed E-state index contributed by atoms with van der Waals surface area (Å²) in [5.74, 6) is 0.940. The van der Waals surface area contributed by atoms with Crippen molar-refractivity contribution in [3.05, 3.63) is 77.4 Å². The molecule has 0 radical (unpaired) electrons. The van der Waals surface area contributed by atoms with E-state index in [2.05, 4.69) is 65.6 Å². The summed E-state index contributed by atoms with van der Waals surface area (Å²) in [6, 6.07) is 19.0. The lowest BCUT2D eigenvalue weighted by molar-refractivity contribution is 0.205.